The molecule has 148 valence electrons. The summed E-state index contributed by atoms with van der Waals surface area (Å²) < 4.78 is 18.9. The fourth-order valence-electron chi connectivity index (χ4n) is 3.17. The van der Waals surface area contributed by atoms with E-state index in [0.29, 0.717) is 6.54 Å². The van der Waals surface area contributed by atoms with E-state index in [-0.39, 0.29) is 35.3 Å². The van der Waals surface area contributed by atoms with E-state index in [1.807, 2.05) is 18.0 Å². The maximum Gasteiger partial charge on any atom is 0.194 e. The molecule has 0 aliphatic carbocycles. The van der Waals surface area contributed by atoms with Gasteiger partial charge in [0.15, 0.2) is 5.96 Å². The molecule has 1 heterocycles. The summed E-state index contributed by atoms with van der Waals surface area (Å²) in [5, 5.41) is 3.35. The molecule has 1 N–H and O–H groups in total. The largest absolute Gasteiger partial charge is 0.381 e. The Labute approximate surface area is 174 Å². The smallest absolute Gasteiger partial charge is 0.194 e. The van der Waals surface area contributed by atoms with E-state index in [1.54, 1.807) is 12.1 Å². The molecule has 1 aliphatic heterocycles. The van der Waals surface area contributed by atoms with Crippen molar-refractivity contribution in [1.82, 2.24) is 15.1 Å². The van der Waals surface area contributed by atoms with Gasteiger partial charge in [0.2, 0.25) is 0 Å². The van der Waals surface area contributed by atoms with Crippen LogP contribution in [0.1, 0.15) is 25.3 Å². The molecule has 26 heavy (non-hydrogen) atoms. The quantitative estimate of drug-likeness (QED) is 0.388. The Morgan fingerprint density at radius 2 is 1.96 bits per heavy atom. The minimum Gasteiger partial charge on any atom is -0.381 e. The highest BCUT2D eigenvalue weighted by Crippen LogP contribution is 2.26. The number of nitrogens with zero attached hydrogens (tertiary/aromatic N) is 3. The van der Waals surface area contributed by atoms with Crippen molar-refractivity contribution in [3.05, 3.63) is 35.6 Å². The van der Waals surface area contributed by atoms with E-state index < -0.39 is 0 Å². The lowest BCUT2D eigenvalue weighted by Gasteiger charge is -2.42. The fourth-order valence-corrected chi connectivity index (χ4v) is 3.17. The van der Waals surface area contributed by atoms with Crippen LogP contribution in [0.5, 0.6) is 0 Å². The van der Waals surface area contributed by atoms with Gasteiger partial charge in [-0.25, -0.2) is 4.39 Å². The average Bonchev–Trinajstić information content (AvgIpc) is 2.59. The Morgan fingerprint density at radius 3 is 2.54 bits per heavy atom. The maximum absolute atomic E-state index is 13.4. The third-order valence-electron chi connectivity index (χ3n) is 4.90. The van der Waals surface area contributed by atoms with Gasteiger partial charge < -0.3 is 19.9 Å². The zero-order chi connectivity index (χ0) is 18.3. The zero-order valence-corrected chi connectivity index (χ0v) is 18.6. The number of hydrogen-bond acceptors (Lipinski definition) is 3. The lowest BCUT2D eigenvalue weighted by molar-refractivity contribution is -0.00262. The number of hydrogen-bond donors (Lipinski definition) is 1. The number of likely N-dealkylation sites (N-methyl/N-ethyl adjacent to an activating group) is 1. The minimum atomic E-state index is -0.207. The molecule has 0 saturated carbocycles. The predicted molar refractivity (Wildman–Crippen MR) is 116 cm³/mol. The van der Waals surface area contributed by atoms with E-state index >= 15 is 0 Å². The molecule has 0 bridgehead atoms. The average molecular weight is 478 g/mol. The summed E-state index contributed by atoms with van der Waals surface area (Å²) in [4.78, 5) is 9.21. The van der Waals surface area contributed by atoms with Gasteiger partial charge in [0.1, 0.15) is 5.82 Å². The van der Waals surface area contributed by atoms with Crippen LogP contribution in [0, 0.1) is 5.82 Å². The van der Waals surface area contributed by atoms with Gasteiger partial charge in [0.05, 0.1) is 6.54 Å². The molecule has 0 spiro atoms. The number of nitrogens with one attached hydrogen (secondary N) is 1. The zero-order valence-electron chi connectivity index (χ0n) is 16.3. The van der Waals surface area contributed by atoms with E-state index in [4.69, 9.17) is 9.73 Å². The molecule has 0 unspecified atom stereocenters. The second-order valence-corrected chi connectivity index (χ2v) is 6.89. The maximum atomic E-state index is 13.4. The van der Waals surface area contributed by atoms with Crippen LogP contribution in [-0.2, 0) is 11.3 Å². The van der Waals surface area contributed by atoms with Crippen molar-refractivity contribution in [3.63, 3.8) is 0 Å². The first-order chi connectivity index (χ1) is 12.0. The van der Waals surface area contributed by atoms with E-state index in [9.17, 15) is 4.39 Å². The van der Waals surface area contributed by atoms with Gasteiger partial charge in [0, 0.05) is 38.9 Å². The summed E-state index contributed by atoms with van der Waals surface area (Å²) in [5.41, 5.74) is 0.972. The summed E-state index contributed by atoms with van der Waals surface area (Å²) in [6.07, 6.45) is 1.97. The lowest BCUT2D eigenvalue weighted by atomic mass is 9.89. The van der Waals surface area contributed by atoms with Crippen molar-refractivity contribution < 1.29 is 9.13 Å². The lowest BCUT2D eigenvalue weighted by Crippen LogP contribution is -2.51. The van der Waals surface area contributed by atoms with Gasteiger partial charge in [-0.3, -0.25) is 4.99 Å². The van der Waals surface area contributed by atoms with Crippen LogP contribution in [0.4, 0.5) is 4.39 Å². The molecule has 2 rings (SSSR count). The first kappa shape index (κ1) is 23.1. The van der Waals surface area contributed by atoms with Crippen molar-refractivity contribution in [1.29, 1.82) is 0 Å². The molecule has 5 nitrogen and oxygen atoms in total. The second-order valence-electron chi connectivity index (χ2n) is 6.89. The molecule has 0 aromatic heterocycles. The molecule has 7 heteroatoms. The van der Waals surface area contributed by atoms with E-state index in [2.05, 4.69) is 31.2 Å². The number of aliphatic imine (C=N–C) groups is 1. The van der Waals surface area contributed by atoms with Crippen LogP contribution < -0.4 is 5.32 Å². The normalized spacial score (nSPS) is 16.9. The summed E-state index contributed by atoms with van der Waals surface area (Å²) >= 11 is 0. The Balaban J connectivity index is 0.00000338. The van der Waals surface area contributed by atoms with Gasteiger partial charge >= 0.3 is 0 Å². The van der Waals surface area contributed by atoms with Gasteiger partial charge in [-0.2, -0.15) is 0 Å². The third kappa shape index (κ3) is 6.35. The Morgan fingerprint density at radius 1 is 1.27 bits per heavy atom. The highest BCUT2D eigenvalue weighted by atomic mass is 127. The monoisotopic (exact) mass is 478 g/mol. The highest BCUT2D eigenvalue weighted by molar-refractivity contribution is 14.0. The Bertz CT molecular complexity index is 576. The number of guanidine groups is 1. The summed E-state index contributed by atoms with van der Waals surface area (Å²) in [6, 6.07) is 6.71. The Kier molecular flexibility index (Phi) is 9.81. The summed E-state index contributed by atoms with van der Waals surface area (Å²) in [7, 11) is 6.22. The molecule has 1 aromatic rings. The minimum absolute atomic E-state index is 0. The van der Waals surface area contributed by atoms with Crippen molar-refractivity contribution in [2.45, 2.75) is 31.8 Å². The molecule has 1 aromatic carbocycles. The molecule has 1 aliphatic rings. The highest BCUT2D eigenvalue weighted by Gasteiger charge is 2.34. The van der Waals surface area contributed by atoms with Gasteiger partial charge in [-0.05, 0) is 51.6 Å². The summed E-state index contributed by atoms with van der Waals surface area (Å²) in [6.45, 7) is 5.75. The molecule has 0 amide bonds. The fraction of sp³-hybridized carbons (Fsp3) is 0.632. The standard InChI is InChI=1S/C19H31FN4O.HI/c1-5-21-18(24(4)14-16-7-6-8-17(20)13-16)22-15-19(23(2)3)9-11-25-12-10-19;/h6-8,13H,5,9-12,14-15H2,1-4H3,(H,21,22);1H. The van der Waals surface area contributed by atoms with Gasteiger partial charge in [0.25, 0.3) is 0 Å². The van der Waals surface area contributed by atoms with Gasteiger partial charge in [-0.1, -0.05) is 12.1 Å². The topological polar surface area (TPSA) is 40.1 Å². The number of halogens is 2. The molecule has 0 atom stereocenters. The van der Waals surface area contributed by atoms with E-state index in [1.165, 1.54) is 6.07 Å². The van der Waals surface area contributed by atoms with Crippen LogP contribution in [-0.4, -0.2) is 68.7 Å². The van der Waals surface area contributed by atoms with Crippen LogP contribution >= 0.6 is 24.0 Å². The second kappa shape index (κ2) is 11.0. The van der Waals surface area contributed by atoms with Crippen LogP contribution in [0.15, 0.2) is 29.3 Å². The first-order valence-electron chi connectivity index (χ1n) is 8.96. The number of ether oxygens (including phenoxy) is 1. The molecular weight excluding hydrogens is 446 g/mol. The van der Waals surface area contributed by atoms with Crippen molar-refractivity contribution in [3.8, 4) is 0 Å². The van der Waals surface area contributed by atoms with Crippen LogP contribution in [0.25, 0.3) is 0 Å². The number of benzene rings is 1. The van der Waals surface area contributed by atoms with Crippen LogP contribution in [0.2, 0.25) is 0 Å². The predicted octanol–water partition coefficient (Wildman–Crippen LogP) is 2.95. The Hall–Kier alpha value is -0.930. The SMILES string of the molecule is CCNC(=NCC1(N(C)C)CCOCC1)N(C)Cc1cccc(F)c1.I. The third-order valence-corrected chi connectivity index (χ3v) is 4.90. The van der Waals surface area contributed by atoms with Crippen molar-refractivity contribution >= 4 is 29.9 Å². The van der Waals surface area contributed by atoms with Crippen molar-refractivity contribution in [2.24, 2.45) is 4.99 Å². The molecule has 1 fully saturated rings. The summed E-state index contributed by atoms with van der Waals surface area (Å²) in [5.74, 6) is 0.640. The van der Waals surface area contributed by atoms with Gasteiger partial charge in [-0.15, -0.1) is 24.0 Å². The molecule has 0 radical (unpaired) electrons. The molecule has 1 saturated heterocycles. The first-order valence-corrected chi connectivity index (χ1v) is 8.96. The van der Waals surface area contributed by atoms with E-state index in [0.717, 1.165) is 50.7 Å². The van der Waals surface area contributed by atoms with Crippen molar-refractivity contribution in [2.75, 3.05) is 47.4 Å². The molecular formula is C19H32FIN4O. The number of rotatable bonds is 6. The van der Waals surface area contributed by atoms with Crippen LogP contribution in [0.3, 0.4) is 0 Å².